The number of hydrogen-bond acceptors (Lipinski definition) is 4. The summed E-state index contributed by atoms with van der Waals surface area (Å²) in [6.45, 7) is 2.00. The summed E-state index contributed by atoms with van der Waals surface area (Å²) in [5.41, 5.74) is 1.71. The van der Waals surface area contributed by atoms with Crippen molar-refractivity contribution in [2.75, 3.05) is 5.75 Å². The minimum atomic E-state index is -4.33. The lowest BCUT2D eigenvalue weighted by Crippen LogP contribution is -2.19. The van der Waals surface area contributed by atoms with Crippen LogP contribution < -0.4 is 0 Å². The van der Waals surface area contributed by atoms with Gasteiger partial charge < -0.3 is 4.57 Å². The van der Waals surface area contributed by atoms with Gasteiger partial charge in [0.1, 0.15) is 6.54 Å². The van der Waals surface area contributed by atoms with Gasteiger partial charge in [0.05, 0.1) is 5.75 Å². The van der Waals surface area contributed by atoms with Gasteiger partial charge in [0.2, 0.25) is 0 Å². The Morgan fingerprint density at radius 3 is 2.72 bits per heavy atom. The smallest absolute Gasteiger partial charge is 0.339 e. The number of carbonyl (C=O) groups is 1. The van der Waals surface area contributed by atoms with E-state index < -0.39 is 12.7 Å². The molecule has 0 spiro atoms. The largest absolute Gasteiger partial charge is 0.406 e. The predicted molar refractivity (Wildman–Crippen MR) is 88.0 cm³/mol. The van der Waals surface area contributed by atoms with E-state index in [0.717, 1.165) is 4.57 Å². The molecule has 25 heavy (non-hydrogen) atoms. The van der Waals surface area contributed by atoms with Gasteiger partial charge in [-0.25, -0.2) is 0 Å². The molecule has 0 aliphatic heterocycles. The number of hydrogen-bond donors (Lipinski definition) is 0. The lowest BCUT2D eigenvalue weighted by molar-refractivity contribution is -0.141. The van der Waals surface area contributed by atoms with E-state index in [4.69, 9.17) is 0 Å². The third kappa shape index (κ3) is 3.71. The van der Waals surface area contributed by atoms with Crippen molar-refractivity contribution >= 4 is 23.2 Å². The molecular formula is C16H15F3N4OS. The van der Waals surface area contributed by atoms with Gasteiger partial charge in [0.15, 0.2) is 16.6 Å². The third-order valence-electron chi connectivity index (χ3n) is 3.83. The quantitative estimate of drug-likeness (QED) is 0.509. The number of halogens is 3. The van der Waals surface area contributed by atoms with Crippen LogP contribution in [0.1, 0.15) is 21.7 Å². The number of pyridine rings is 1. The average Bonchev–Trinajstić information content (AvgIpc) is 3.08. The molecule has 0 aromatic carbocycles. The fourth-order valence-corrected chi connectivity index (χ4v) is 3.44. The van der Waals surface area contributed by atoms with Crippen molar-refractivity contribution in [2.24, 2.45) is 0 Å². The van der Waals surface area contributed by atoms with E-state index in [2.05, 4.69) is 10.2 Å². The molecule has 0 saturated carbocycles. The van der Waals surface area contributed by atoms with E-state index in [1.807, 2.05) is 12.1 Å². The second-order valence-corrected chi connectivity index (χ2v) is 6.55. The molecule has 0 saturated heterocycles. The Hall–Kier alpha value is -2.29. The highest BCUT2D eigenvalue weighted by Crippen LogP contribution is 2.25. The lowest BCUT2D eigenvalue weighted by atomic mass is 10.2. The minimum absolute atomic E-state index is 0.0754. The van der Waals surface area contributed by atoms with Crippen LogP contribution in [0.4, 0.5) is 13.2 Å². The first-order valence-electron chi connectivity index (χ1n) is 7.45. The zero-order chi connectivity index (χ0) is 18.2. The number of nitrogens with zero attached hydrogens (tertiary/aromatic N) is 4. The van der Waals surface area contributed by atoms with Gasteiger partial charge >= 0.3 is 6.18 Å². The van der Waals surface area contributed by atoms with E-state index >= 15 is 0 Å². The van der Waals surface area contributed by atoms with Crippen LogP contribution in [-0.2, 0) is 6.54 Å². The van der Waals surface area contributed by atoms with Crippen molar-refractivity contribution in [3.8, 4) is 0 Å². The predicted octanol–water partition coefficient (Wildman–Crippen LogP) is 3.68. The maximum Gasteiger partial charge on any atom is 0.406 e. The average molecular weight is 368 g/mol. The molecule has 9 heteroatoms. The number of aromatic nitrogens is 4. The summed E-state index contributed by atoms with van der Waals surface area (Å²) < 4.78 is 40.9. The molecule has 5 nitrogen and oxygen atoms in total. The molecule has 0 bridgehead atoms. The highest BCUT2D eigenvalue weighted by atomic mass is 32.2. The summed E-state index contributed by atoms with van der Waals surface area (Å²) in [4.78, 5) is 12.5. The Labute approximate surface area is 145 Å². The van der Waals surface area contributed by atoms with E-state index in [9.17, 15) is 18.0 Å². The van der Waals surface area contributed by atoms with Crippen molar-refractivity contribution in [1.82, 2.24) is 19.2 Å². The van der Waals surface area contributed by atoms with Gasteiger partial charge in [-0.05, 0) is 32.0 Å². The number of alkyl halides is 3. The van der Waals surface area contributed by atoms with Gasteiger partial charge in [-0.15, -0.1) is 10.2 Å². The van der Waals surface area contributed by atoms with Crippen LogP contribution in [0.15, 0.2) is 35.6 Å². The first-order chi connectivity index (χ1) is 11.8. The molecule has 0 aliphatic rings. The Morgan fingerprint density at radius 1 is 1.24 bits per heavy atom. The minimum Gasteiger partial charge on any atom is -0.339 e. The summed E-state index contributed by atoms with van der Waals surface area (Å²) in [7, 11) is 0. The maximum absolute atomic E-state index is 12.7. The molecule has 0 N–H and O–H groups in total. The number of ketones is 1. The fourth-order valence-electron chi connectivity index (χ4n) is 2.63. The van der Waals surface area contributed by atoms with E-state index in [0.29, 0.717) is 27.8 Å². The molecule has 3 aromatic heterocycles. The standard InChI is InChI=1S/C16H15F3N4OS/c1-10-7-12(11(2)23(10)9-16(17,18)19)13(24)8-25-15-21-20-14-5-3-4-6-22(14)15/h3-7H,8-9H2,1-2H3. The molecule has 132 valence electrons. The molecule has 3 heterocycles. The first-order valence-corrected chi connectivity index (χ1v) is 8.44. The zero-order valence-electron chi connectivity index (χ0n) is 13.5. The van der Waals surface area contributed by atoms with Crippen LogP contribution in [0, 0.1) is 13.8 Å². The SMILES string of the molecule is Cc1cc(C(=O)CSc2nnc3ccccn23)c(C)n1CC(F)(F)F. The van der Waals surface area contributed by atoms with E-state index in [-0.39, 0.29) is 11.5 Å². The van der Waals surface area contributed by atoms with Crippen LogP contribution in [0.25, 0.3) is 5.65 Å². The van der Waals surface area contributed by atoms with E-state index in [1.165, 1.54) is 24.8 Å². The van der Waals surface area contributed by atoms with Gasteiger partial charge in [-0.1, -0.05) is 17.8 Å². The highest BCUT2D eigenvalue weighted by Gasteiger charge is 2.30. The Kier molecular flexibility index (Phi) is 4.59. The molecule has 0 aliphatic carbocycles. The first kappa shape index (κ1) is 17.5. The summed E-state index contributed by atoms with van der Waals surface area (Å²) >= 11 is 1.20. The van der Waals surface area contributed by atoms with Gasteiger partial charge in [0, 0.05) is 23.1 Å². The van der Waals surface area contributed by atoms with Gasteiger partial charge in [-0.2, -0.15) is 13.2 Å². The number of carbonyl (C=O) groups excluding carboxylic acids is 1. The number of rotatable bonds is 5. The number of aryl methyl sites for hydroxylation is 1. The lowest BCUT2D eigenvalue weighted by Gasteiger charge is -2.12. The normalized spacial score (nSPS) is 12.0. The van der Waals surface area contributed by atoms with Crippen LogP contribution >= 0.6 is 11.8 Å². The van der Waals surface area contributed by atoms with Crippen LogP contribution in [-0.4, -0.2) is 36.9 Å². The fraction of sp³-hybridized carbons (Fsp3) is 0.312. The molecule has 0 fully saturated rings. The van der Waals surface area contributed by atoms with Gasteiger partial charge in [0.25, 0.3) is 0 Å². The second-order valence-electron chi connectivity index (χ2n) is 5.61. The molecule has 0 unspecified atom stereocenters. The monoisotopic (exact) mass is 368 g/mol. The second kappa shape index (κ2) is 6.55. The molecular weight excluding hydrogens is 353 g/mol. The van der Waals surface area contributed by atoms with Crippen LogP contribution in [0.2, 0.25) is 0 Å². The van der Waals surface area contributed by atoms with Crippen molar-refractivity contribution in [3.05, 3.63) is 47.4 Å². The number of thioether (sulfide) groups is 1. The molecule has 0 radical (unpaired) electrons. The van der Waals surface area contributed by atoms with Gasteiger partial charge in [-0.3, -0.25) is 9.20 Å². The van der Waals surface area contributed by atoms with Crippen LogP contribution in [0.5, 0.6) is 0 Å². The molecule has 0 amide bonds. The highest BCUT2D eigenvalue weighted by molar-refractivity contribution is 7.99. The van der Waals surface area contributed by atoms with Crippen molar-refractivity contribution in [1.29, 1.82) is 0 Å². The number of Topliss-reactive ketones (excluding diaryl/α,β-unsaturated/α-hetero) is 1. The van der Waals surface area contributed by atoms with Crippen molar-refractivity contribution in [3.63, 3.8) is 0 Å². The summed E-state index contributed by atoms with van der Waals surface area (Å²) in [6.07, 6.45) is -2.54. The van der Waals surface area contributed by atoms with Crippen molar-refractivity contribution in [2.45, 2.75) is 31.7 Å². The molecule has 3 rings (SSSR count). The molecule has 3 aromatic rings. The third-order valence-corrected chi connectivity index (χ3v) is 4.77. The number of fused-ring (bicyclic) bond motifs is 1. The van der Waals surface area contributed by atoms with Crippen molar-refractivity contribution < 1.29 is 18.0 Å². The Bertz CT molecular complexity index is 929. The molecule has 0 atom stereocenters. The van der Waals surface area contributed by atoms with E-state index in [1.54, 1.807) is 23.6 Å². The summed E-state index contributed by atoms with van der Waals surface area (Å²) in [6, 6.07) is 6.96. The van der Waals surface area contributed by atoms with Crippen LogP contribution in [0.3, 0.4) is 0 Å². The maximum atomic E-state index is 12.7. The zero-order valence-corrected chi connectivity index (χ0v) is 14.4. The topological polar surface area (TPSA) is 52.2 Å². The Balaban J connectivity index is 1.77. The summed E-state index contributed by atoms with van der Waals surface area (Å²) in [5.74, 6) is -0.161. The Morgan fingerprint density at radius 2 is 2.00 bits per heavy atom. The summed E-state index contributed by atoms with van der Waals surface area (Å²) in [5, 5.41) is 8.58.